The molecule has 2 fully saturated rings. The van der Waals surface area contributed by atoms with Crippen LogP contribution in [0.4, 0.5) is 13.2 Å². The number of thiazole rings is 1. The van der Waals surface area contributed by atoms with E-state index in [9.17, 15) is 31.2 Å². The summed E-state index contributed by atoms with van der Waals surface area (Å²) in [6, 6.07) is 2.49. The van der Waals surface area contributed by atoms with Crippen LogP contribution in [0, 0.1) is 5.41 Å². The second-order valence-corrected chi connectivity index (χ2v) is 14.6. The number of rotatable bonds is 7. The number of likely N-dealkylation sites (tertiary alicyclic amines) is 1. The average molecular weight is 616 g/mol. The molecule has 2 saturated heterocycles. The Morgan fingerprint density at radius 2 is 1.88 bits per heavy atom. The van der Waals surface area contributed by atoms with Crippen LogP contribution in [0.15, 0.2) is 29.6 Å². The summed E-state index contributed by atoms with van der Waals surface area (Å²) in [7, 11) is -1.98. The van der Waals surface area contributed by atoms with Gasteiger partial charge in [-0.3, -0.25) is 9.59 Å². The van der Waals surface area contributed by atoms with Gasteiger partial charge in [0.25, 0.3) is 0 Å². The first kappa shape index (κ1) is 31.4. The highest BCUT2D eigenvalue weighted by Gasteiger charge is 2.55. The van der Waals surface area contributed by atoms with Crippen molar-refractivity contribution in [1.29, 1.82) is 0 Å². The van der Waals surface area contributed by atoms with Crippen LogP contribution in [0.25, 0.3) is 10.6 Å². The van der Waals surface area contributed by atoms with Gasteiger partial charge in [0, 0.05) is 36.0 Å². The van der Waals surface area contributed by atoms with E-state index < -0.39 is 57.3 Å². The standard InChI is InChI=1S/C27H36F3N5O4S2/c1-15(31-5)23(36)33-22(26(2,3)4)25(37)34-11-10-20-21(34)18(13-35(20)41(6,38)39)19-14-40-24(32-19)16-8-7-9-17(12-16)27(28,29)30/h7-9,12,14-15,18,20-22,31H,10-11,13H2,1-6H3,(H,33,36). The Hall–Kier alpha value is -2.55. The van der Waals surface area contributed by atoms with Crippen LogP contribution in [0.5, 0.6) is 0 Å². The molecule has 2 aliphatic rings. The summed E-state index contributed by atoms with van der Waals surface area (Å²) < 4.78 is 66.8. The Morgan fingerprint density at radius 1 is 1.20 bits per heavy atom. The van der Waals surface area contributed by atoms with E-state index in [1.165, 1.54) is 21.7 Å². The number of nitrogens with one attached hydrogen (secondary N) is 2. The van der Waals surface area contributed by atoms with E-state index in [0.29, 0.717) is 29.2 Å². The fourth-order valence-electron chi connectivity index (χ4n) is 5.57. The predicted octanol–water partition coefficient (Wildman–Crippen LogP) is 3.30. The minimum Gasteiger partial charge on any atom is -0.342 e. The summed E-state index contributed by atoms with van der Waals surface area (Å²) in [5, 5.41) is 7.84. The van der Waals surface area contributed by atoms with E-state index in [1.807, 2.05) is 20.8 Å². The van der Waals surface area contributed by atoms with Crippen molar-refractivity contribution in [2.45, 2.75) is 70.4 Å². The Labute approximate surface area is 242 Å². The van der Waals surface area contributed by atoms with Gasteiger partial charge in [-0.2, -0.15) is 17.5 Å². The van der Waals surface area contributed by atoms with Gasteiger partial charge in [-0.1, -0.05) is 32.9 Å². The molecule has 1 aromatic heterocycles. The molecule has 3 heterocycles. The van der Waals surface area contributed by atoms with Crippen molar-refractivity contribution in [3.8, 4) is 10.6 Å². The summed E-state index contributed by atoms with van der Waals surface area (Å²) in [5.41, 5.74) is -0.603. The number of amides is 2. The summed E-state index contributed by atoms with van der Waals surface area (Å²) in [6.45, 7) is 7.63. The van der Waals surface area contributed by atoms with Crippen molar-refractivity contribution >= 4 is 33.2 Å². The van der Waals surface area contributed by atoms with Gasteiger partial charge in [0.2, 0.25) is 21.8 Å². The van der Waals surface area contributed by atoms with Gasteiger partial charge in [-0.05, 0) is 37.9 Å². The second kappa shape index (κ2) is 11.3. The molecule has 1 aromatic carbocycles. The molecule has 41 heavy (non-hydrogen) atoms. The molecular weight excluding hydrogens is 579 g/mol. The van der Waals surface area contributed by atoms with Crippen LogP contribution >= 0.6 is 11.3 Å². The Balaban J connectivity index is 1.69. The lowest BCUT2D eigenvalue weighted by molar-refractivity contribution is -0.140. The molecule has 2 amide bonds. The average Bonchev–Trinajstić information content (AvgIpc) is 3.60. The van der Waals surface area contributed by atoms with E-state index in [2.05, 4.69) is 15.6 Å². The van der Waals surface area contributed by atoms with E-state index in [0.717, 1.165) is 18.4 Å². The number of nitrogens with zero attached hydrogens (tertiary/aromatic N) is 3. The van der Waals surface area contributed by atoms with Crippen molar-refractivity contribution in [2.24, 2.45) is 5.41 Å². The molecule has 0 spiro atoms. The summed E-state index contributed by atoms with van der Waals surface area (Å²) in [6.07, 6.45) is -2.95. The van der Waals surface area contributed by atoms with E-state index in [1.54, 1.807) is 30.3 Å². The fraction of sp³-hybridized carbons (Fsp3) is 0.593. The van der Waals surface area contributed by atoms with Gasteiger partial charge in [0.05, 0.1) is 29.6 Å². The third-order valence-corrected chi connectivity index (χ3v) is 10.0. The lowest BCUT2D eigenvalue weighted by Gasteiger charge is -2.37. The highest BCUT2D eigenvalue weighted by atomic mass is 32.2. The van der Waals surface area contributed by atoms with Crippen molar-refractivity contribution < 1.29 is 31.2 Å². The van der Waals surface area contributed by atoms with Crippen molar-refractivity contribution in [2.75, 3.05) is 26.4 Å². The normalized spacial score (nSPS) is 23.3. The third kappa shape index (κ3) is 6.45. The Bertz CT molecular complexity index is 1410. The van der Waals surface area contributed by atoms with E-state index in [-0.39, 0.29) is 18.4 Å². The number of carbonyl (C=O) groups excluding carboxylic acids is 2. The first-order valence-electron chi connectivity index (χ1n) is 13.3. The van der Waals surface area contributed by atoms with Gasteiger partial charge in [0.1, 0.15) is 11.0 Å². The maximum Gasteiger partial charge on any atom is 0.416 e. The van der Waals surface area contributed by atoms with Crippen LogP contribution in [0.3, 0.4) is 0 Å². The number of halogens is 3. The van der Waals surface area contributed by atoms with Crippen LogP contribution in [0.2, 0.25) is 0 Å². The number of fused-ring (bicyclic) bond motifs is 1. The van der Waals surface area contributed by atoms with Gasteiger partial charge in [-0.25, -0.2) is 13.4 Å². The molecule has 9 nitrogen and oxygen atoms in total. The number of hydrogen-bond donors (Lipinski definition) is 2. The summed E-state index contributed by atoms with van der Waals surface area (Å²) >= 11 is 1.17. The van der Waals surface area contributed by atoms with E-state index >= 15 is 0 Å². The highest BCUT2D eigenvalue weighted by molar-refractivity contribution is 7.88. The SMILES string of the molecule is CNC(C)C(=O)NC(C(=O)N1CCC2C1C(c1csc(-c3cccc(C(F)(F)F)c3)n1)CN2S(C)(=O)=O)C(C)(C)C. The Morgan fingerprint density at radius 3 is 2.46 bits per heavy atom. The van der Waals surface area contributed by atoms with Crippen LogP contribution in [-0.4, -0.2) is 85.0 Å². The first-order chi connectivity index (χ1) is 18.9. The second-order valence-electron chi connectivity index (χ2n) is 11.8. The smallest absolute Gasteiger partial charge is 0.342 e. The molecule has 226 valence electrons. The van der Waals surface area contributed by atoms with Crippen molar-refractivity contribution in [3.05, 3.63) is 40.9 Å². The lowest BCUT2D eigenvalue weighted by atomic mass is 9.85. The summed E-state index contributed by atoms with van der Waals surface area (Å²) in [4.78, 5) is 33.1. The van der Waals surface area contributed by atoms with Gasteiger partial charge in [0.15, 0.2) is 0 Å². The largest absolute Gasteiger partial charge is 0.416 e. The topological polar surface area (TPSA) is 112 Å². The summed E-state index contributed by atoms with van der Waals surface area (Å²) in [5.74, 6) is -1.14. The molecule has 5 unspecified atom stereocenters. The molecule has 0 saturated carbocycles. The van der Waals surface area contributed by atoms with Crippen LogP contribution in [-0.2, 0) is 25.8 Å². The predicted molar refractivity (Wildman–Crippen MR) is 151 cm³/mol. The number of sulfonamides is 1. The quantitative estimate of drug-likeness (QED) is 0.495. The number of carbonyl (C=O) groups is 2. The molecular formula is C27H36F3N5O4S2. The number of benzene rings is 1. The van der Waals surface area contributed by atoms with Crippen molar-refractivity contribution in [1.82, 2.24) is 24.8 Å². The molecule has 5 atom stereocenters. The number of hydrogen-bond acceptors (Lipinski definition) is 7. The third-order valence-electron chi connectivity index (χ3n) is 7.85. The highest BCUT2D eigenvalue weighted by Crippen LogP contribution is 2.44. The molecule has 14 heteroatoms. The zero-order valence-electron chi connectivity index (χ0n) is 23.8. The molecule has 4 rings (SSSR count). The lowest BCUT2D eigenvalue weighted by Crippen LogP contribution is -2.59. The fourth-order valence-corrected chi connectivity index (χ4v) is 7.61. The minimum absolute atomic E-state index is 0.0903. The zero-order chi connectivity index (χ0) is 30.5. The maximum atomic E-state index is 14.1. The van der Waals surface area contributed by atoms with Gasteiger partial charge >= 0.3 is 6.18 Å². The molecule has 2 N–H and O–H groups in total. The zero-order valence-corrected chi connectivity index (χ0v) is 25.5. The number of aromatic nitrogens is 1. The van der Waals surface area contributed by atoms with Crippen LogP contribution in [0.1, 0.15) is 51.3 Å². The maximum absolute atomic E-state index is 14.1. The molecule has 2 aliphatic heterocycles. The molecule has 0 aliphatic carbocycles. The van der Waals surface area contributed by atoms with E-state index in [4.69, 9.17) is 0 Å². The molecule has 0 bridgehead atoms. The first-order valence-corrected chi connectivity index (χ1v) is 16.0. The van der Waals surface area contributed by atoms with Crippen LogP contribution < -0.4 is 10.6 Å². The monoisotopic (exact) mass is 615 g/mol. The molecule has 0 radical (unpaired) electrons. The van der Waals surface area contributed by atoms with Crippen molar-refractivity contribution in [3.63, 3.8) is 0 Å². The minimum atomic E-state index is -4.50. The van der Waals surface area contributed by atoms with Gasteiger partial charge < -0.3 is 15.5 Å². The Kier molecular flexibility index (Phi) is 8.63. The number of alkyl halides is 3. The van der Waals surface area contributed by atoms with Gasteiger partial charge in [-0.15, -0.1) is 11.3 Å². The number of likely N-dealkylation sites (N-methyl/N-ethyl adjacent to an activating group) is 1. The molecule has 2 aromatic rings.